The Labute approximate surface area is 198 Å². The summed E-state index contributed by atoms with van der Waals surface area (Å²) in [5.74, 6) is 1.14. The summed E-state index contributed by atoms with van der Waals surface area (Å²) in [5.41, 5.74) is 1.64. The zero-order valence-corrected chi connectivity index (χ0v) is 19.7. The van der Waals surface area contributed by atoms with E-state index in [2.05, 4.69) is 26.0 Å². The van der Waals surface area contributed by atoms with Gasteiger partial charge in [0, 0.05) is 16.5 Å². The molecule has 0 unspecified atom stereocenters. The minimum Gasteiger partial charge on any atom is -0.493 e. The number of fused-ring (bicyclic) bond motifs is 1. The monoisotopic (exact) mass is 509 g/mol. The number of halogens is 2. The van der Waals surface area contributed by atoms with Crippen molar-refractivity contribution < 1.29 is 13.9 Å². The summed E-state index contributed by atoms with van der Waals surface area (Å²) < 4.78 is 27.0. The predicted octanol–water partition coefficient (Wildman–Crippen LogP) is 5.33. The standard InChI is InChI=1S/C25H21BrFN3O3/c1-3-23-29-21-11-10-18(26)13-20(21)25(31)30(23)28-14-17-7-5-9-22(32-2)24(17)33-15-16-6-4-8-19(27)12-16/h4-14H,3,15H2,1-2H3. The van der Waals surface area contributed by atoms with E-state index in [0.29, 0.717) is 45.8 Å². The molecule has 0 aliphatic rings. The van der Waals surface area contributed by atoms with E-state index in [-0.39, 0.29) is 18.0 Å². The summed E-state index contributed by atoms with van der Waals surface area (Å²) in [6, 6.07) is 16.9. The average molecular weight is 510 g/mol. The third-order valence-corrected chi connectivity index (χ3v) is 5.50. The van der Waals surface area contributed by atoms with Gasteiger partial charge in [-0.3, -0.25) is 4.79 Å². The number of aromatic nitrogens is 2. The lowest BCUT2D eigenvalue weighted by atomic mass is 10.2. The van der Waals surface area contributed by atoms with E-state index in [1.165, 1.54) is 30.1 Å². The van der Waals surface area contributed by atoms with Crippen LogP contribution in [0.1, 0.15) is 23.9 Å². The van der Waals surface area contributed by atoms with Gasteiger partial charge < -0.3 is 9.47 Å². The van der Waals surface area contributed by atoms with Crippen LogP contribution in [0.15, 0.2) is 75.0 Å². The molecule has 0 N–H and O–H groups in total. The number of ether oxygens (including phenoxy) is 2. The summed E-state index contributed by atoms with van der Waals surface area (Å²) in [6.45, 7) is 2.06. The fraction of sp³-hybridized carbons (Fsp3) is 0.160. The molecule has 33 heavy (non-hydrogen) atoms. The maximum atomic E-state index is 13.5. The number of rotatable bonds is 7. The highest BCUT2D eigenvalue weighted by molar-refractivity contribution is 9.10. The quantitative estimate of drug-likeness (QED) is 0.316. The topological polar surface area (TPSA) is 65.7 Å². The van der Waals surface area contributed by atoms with Gasteiger partial charge in [0.1, 0.15) is 18.2 Å². The second-order valence-electron chi connectivity index (χ2n) is 7.20. The Bertz CT molecular complexity index is 1400. The van der Waals surface area contributed by atoms with E-state index in [1.807, 2.05) is 13.0 Å². The minimum atomic E-state index is -0.333. The Kier molecular flexibility index (Phi) is 6.84. The number of methoxy groups -OCH3 is 1. The molecule has 0 aliphatic heterocycles. The van der Waals surface area contributed by atoms with E-state index in [4.69, 9.17) is 9.47 Å². The maximum absolute atomic E-state index is 13.5. The van der Waals surface area contributed by atoms with Crippen LogP contribution in [0.4, 0.5) is 4.39 Å². The van der Waals surface area contributed by atoms with Gasteiger partial charge in [0.2, 0.25) is 0 Å². The Morgan fingerprint density at radius 1 is 1.15 bits per heavy atom. The molecule has 0 saturated heterocycles. The summed E-state index contributed by atoms with van der Waals surface area (Å²) in [4.78, 5) is 17.7. The van der Waals surface area contributed by atoms with Crippen molar-refractivity contribution in [1.82, 2.24) is 9.66 Å². The number of nitrogens with zero attached hydrogens (tertiary/aromatic N) is 3. The van der Waals surface area contributed by atoms with Crippen LogP contribution in [0.3, 0.4) is 0 Å². The Morgan fingerprint density at radius 3 is 2.73 bits per heavy atom. The second-order valence-corrected chi connectivity index (χ2v) is 8.12. The van der Waals surface area contributed by atoms with Crippen molar-refractivity contribution in [2.45, 2.75) is 20.0 Å². The van der Waals surface area contributed by atoms with Gasteiger partial charge >= 0.3 is 0 Å². The Morgan fingerprint density at radius 2 is 1.97 bits per heavy atom. The molecule has 3 aromatic carbocycles. The lowest BCUT2D eigenvalue weighted by Gasteiger charge is -2.13. The van der Waals surface area contributed by atoms with E-state index < -0.39 is 0 Å². The van der Waals surface area contributed by atoms with Crippen LogP contribution >= 0.6 is 15.9 Å². The summed E-state index contributed by atoms with van der Waals surface area (Å²) in [6.07, 6.45) is 2.06. The van der Waals surface area contributed by atoms with E-state index in [0.717, 1.165) is 4.47 Å². The van der Waals surface area contributed by atoms with Crippen molar-refractivity contribution in [2.75, 3.05) is 7.11 Å². The Balaban J connectivity index is 1.73. The molecule has 168 valence electrons. The van der Waals surface area contributed by atoms with Gasteiger partial charge in [-0.05, 0) is 48.0 Å². The minimum absolute atomic E-state index is 0.144. The normalized spacial score (nSPS) is 11.3. The van der Waals surface area contributed by atoms with E-state index in [9.17, 15) is 9.18 Å². The first kappa shape index (κ1) is 22.7. The van der Waals surface area contributed by atoms with Gasteiger partial charge in [-0.1, -0.05) is 41.1 Å². The maximum Gasteiger partial charge on any atom is 0.282 e. The summed E-state index contributed by atoms with van der Waals surface area (Å²) >= 11 is 3.40. The molecule has 1 heterocycles. The smallest absolute Gasteiger partial charge is 0.282 e. The lowest BCUT2D eigenvalue weighted by Crippen LogP contribution is -2.22. The molecular weight excluding hydrogens is 489 g/mol. The number of aryl methyl sites for hydroxylation is 1. The second kappa shape index (κ2) is 9.95. The molecule has 0 bridgehead atoms. The molecule has 0 atom stereocenters. The molecule has 0 radical (unpaired) electrons. The van der Waals surface area contributed by atoms with Gasteiger partial charge in [0.25, 0.3) is 5.56 Å². The highest BCUT2D eigenvalue weighted by Crippen LogP contribution is 2.31. The largest absolute Gasteiger partial charge is 0.493 e. The van der Waals surface area contributed by atoms with E-state index >= 15 is 0 Å². The number of para-hydroxylation sites is 1. The van der Waals surface area contributed by atoms with Crippen LogP contribution in [-0.2, 0) is 13.0 Å². The fourth-order valence-corrected chi connectivity index (χ4v) is 3.76. The predicted molar refractivity (Wildman–Crippen MR) is 130 cm³/mol. The third kappa shape index (κ3) is 4.96. The molecule has 0 fully saturated rings. The van der Waals surface area contributed by atoms with Gasteiger partial charge in [-0.25, -0.2) is 9.37 Å². The molecule has 0 spiro atoms. The Hall–Kier alpha value is -3.52. The zero-order chi connectivity index (χ0) is 23.4. The SMILES string of the molecule is CCc1nc2ccc(Br)cc2c(=O)n1N=Cc1cccc(OC)c1OCc1cccc(F)c1. The number of hydrogen-bond donors (Lipinski definition) is 0. The molecule has 4 aromatic rings. The lowest BCUT2D eigenvalue weighted by molar-refractivity contribution is 0.283. The number of hydrogen-bond acceptors (Lipinski definition) is 5. The zero-order valence-electron chi connectivity index (χ0n) is 18.1. The summed E-state index contributed by atoms with van der Waals surface area (Å²) in [5, 5.41) is 4.90. The average Bonchev–Trinajstić information content (AvgIpc) is 2.82. The van der Waals surface area contributed by atoms with Crippen molar-refractivity contribution >= 4 is 33.0 Å². The van der Waals surface area contributed by atoms with Crippen molar-refractivity contribution in [1.29, 1.82) is 0 Å². The first-order valence-electron chi connectivity index (χ1n) is 10.3. The first-order chi connectivity index (χ1) is 16.0. The molecule has 0 amide bonds. The molecular formula is C25H21BrFN3O3. The van der Waals surface area contributed by atoms with Crippen LogP contribution in [0.25, 0.3) is 10.9 Å². The van der Waals surface area contributed by atoms with Crippen molar-refractivity contribution in [2.24, 2.45) is 5.10 Å². The van der Waals surface area contributed by atoms with Crippen LogP contribution in [0, 0.1) is 5.82 Å². The summed E-state index contributed by atoms with van der Waals surface area (Å²) in [7, 11) is 1.54. The third-order valence-electron chi connectivity index (χ3n) is 5.01. The van der Waals surface area contributed by atoms with Gasteiger partial charge in [-0.2, -0.15) is 9.78 Å². The molecule has 8 heteroatoms. The van der Waals surface area contributed by atoms with Crippen molar-refractivity contribution in [3.05, 3.63) is 98.3 Å². The van der Waals surface area contributed by atoms with Gasteiger partial charge in [0.15, 0.2) is 11.5 Å². The van der Waals surface area contributed by atoms with Crippen molar-refractivity contribution in [3.63, 3.8) is 0 Å². The molecule has 1 aromatic heterocycles. The molecule has 6 nitrogen and oxygen atoms in total. The van der Waals surface area contributed by atoms with E-state index in [1.54, 1.807) is 42.5 Å². The fourth-order valence-electron chi connectivity index (χ4n) is 3.39. The molecule has 0 saturated carbocycles. The van der Waals surface area contributed by atoms with Crippen LogP contribution in [0.5, 0.6) is 11.5 Å². The highest BCUT2D eigenvalue weighted by Gasteiger charge is 2.12. The van der Waals surface area contributed by atoms with Crippen LogP contribution in [-0.4, -0.2) is 23.0 Å². The van der Waals surface area contributed by atoms with Crippen LogP contribution < -0.4 is 15.0 Å². The molecule has 4 rings (SSSR count). The van der Waals surface area contributed by atoms with Crippen molar-refractivity contribution in [3.8, 4) is 11.5 Å². The number of benzene rings is 3. The van der Waals surface area contributed by atoms with Crippen LogP contribution in [0.2, 0.25) is 0 Å². The van der Waals surface area contributed by atoms with Gasteiger partial charge in [-0.15, -0.1) is 0 Å². The molecule has 0 aliphatic carbocycles. The first-order valence-corrected chi connectivity index (χ1v) is 11.1. The highest BCUT2D eigenvalue weighted by atomic mass is 79.9. The van der Waals surface area contributed by atoms with Gasteiger partial charge in [0.05, 0.1) is 24.2 Å².